The first kappa shape index (κ1) is 20.9. The van der Waals surface area contributed by atoms with E-state index >= 15 is 0 Å². The lowest BCUT2D eigenvalue weighted by atomic mass is 10.1. The molecule has 32 heavy (non-hydrogen) atoms. The van der Waals surface area contributed by atoms with E-state index in [-0.39, 0.29) is 12.0 Å². The molecule has 12 heteroatoms. The van der Waals surface area contributed by atoms with Gasteiger partial charge in [-0.15, -0.1) is 16.4 Å². The Kier molecular flexibility index (Phi) is 4.93. The number of ether oxygens (including phenoxy) is 1. The number of halogens is 3. The summed E-state index contributed by atoms with van der Waals surface area (Å²) >= 11 is 0.747. The Balaban J connectivity index is 1.40. The van der Waals surface area contributed by atoms with Crippen LogP contribution in [0.1, 0.15) is 28.3 Å². The van der Waals surface area contributed by atoms with Gasteiger partial charge in [0.1, 0.15) is 11.3 Å². The summed E-state index contributed by atoms with van der Waals surface area (Å²) in [5.41, 5.74) is 7.81. The molecule has 0 radical (unpaired) electrons. The highest BCUT2D eigenvalue weighted by molar-refractivity contribution is 7.11. The molecule has 3 aromatic heterocycles. The lowest BCUT2D eigenvalue weighted by molar-refractivity contribution is -0.137. The Labute approximate surface area is 184 Å². The summed E-state index contributed by atoms with van der Waals surface area (Å²) in [6.07, 6.45) is -3.34. The smallest absolute Gasteiger partial charge is 0.443 e. The van der Waals surface area contributed by atoms with E-state index in [1.165, 1.54) is 4.52 Å². The number of anilines is 1. The lowest BCUT2D eigenvalue weighted by Crippen LogP contribution is -2.38. The van der Waals surface area contributed by atoms with Crippen LogP contribution in [0.2, 0.25) is 0 Å². The molecule has 0 spiro atoms. The number of para-hydroxylation sites is 1. The fourth-order valence-electron chi connectivity index (χ4n) is 4.03. The van der Waals surface area contributed by atoms with Gasteiger partial charge in [0.25, 0.3) is 0 Å². The average molecular weight is 463 g/mol. The van der Waals surface area contributed by atoms with Gasteiger partial charge in [-0.1, -0.05) is 6.07 Å². The molecule has 8 nitrogen and oxygen atoms in total. The van der Waals surface area contributed by atoms with Crippen molar-refractivity contribution >= 4 is 33.8 Å². The van der Waals surface area contributed by atoms with Crippen molar-refractivity contribution in [2.24, 2.45) is 0 Å². The summed E-state index contributed by atoms with van der Waals surface area (Å²) in [4.78, 5) is 15.7. The number of nitrogen functional groups attached to an aromatic ring is 1. The molecule has 4 heterocycles. The summed E-state index contributed by atoms with van der Waals surface area (Å²) < 4.78 is 45.9. The molecule has 0 aliphatic carbocycles. The average Bonchev–Trinajstić information content (AvgIpc) is 3.37. The monoisotopic (exact) mass is 463 g/mol. The topological polar surface area (TPSA) is 94.5 Å². The lowest BCUT2D eigenvalue weighted by Gasteiger charge is -2.31. The number of methoxy groups -OCH3 is 1. The second-order valence-corrected chi connectivity index (χ2v) is 8.83. The molecule has 168 valence electrons. The number of hydrogen-bond donors (Lipinski definition) is 1. The van der Waals surface area contributed by atoms with Crippen molar-refractivity contribution in [3.63, 3.8) is 0 Å². The van der Waals surface area contributed by atoms with Crippen LogP contribution >= 0.6 is 11.3 Å². The maximum atomic E-state index is 13.0. The Morgan fingerprint density at radius 3 is 2.81 bits per heavy atom. The minimum atomic E-state index is -4.40. The van der Waals surface area contributed by atoms with Crippen molar-refractivity contribution < 1.29 is 17.9 Å². The van der Waals surface area contributed by atoms with E-state index in [1.54, 1.807) is 13.2 Å². The van der Waals surface area contributed by atoms with Crippen LogP contribution in [0.3, 0.4) is 0 Å². The second kappa shape index (κ2) is 7.55. The van der Waals surface area contributed by atoms with E-state index in [2.05, 4.69) is 25.0 Å². The highest BCUT2D eigenvalue weighted by Crippen LogP contribution is 2.36. The summed E-state index contributed by atoms with van der Waals surface area (Å²) in [7, 11) is 1.57. The molecule has 0 amide bonds. The second-order valence-electron chi connectivity index (χ2n) is 7.75. The maximum Gasteiger partial charge on any atom is 0.443 e. The van der Waals surface area contributed by atoms with Crippen LogP contribution < -0.4 is 10.5 Å². The van der Waals surface area contributed by atoms with Gasteiger partial charge in [0.15, 0.2) is 16.5 Å². The van der Waals surface area contributed by atoms with Gasteiger partial charge >= 0.3 is 6.18 Å². The van der Waals surface area contributed by atoms with Crippen LogP contribution in [0.4, 0.5) is 19.1 Å². The molecule has 1 aliphatic rings. The first-order valence-corrected chi connectivity index (χ1v) is 10.8. The Bertz CT molecular complexity index is 1320. The van der Waals surface area contributed by atoms with Crippen molar-refractivity contribution in [1.29, 1.82) is 0 Å². The van der Waals surface area contributed by atoms with Gasteiger partial charge in [0.2, 0.25) is 5.95 Å². The van der Waals surface area contributed by atoms with Crippen molar-refractivity contribution in [3.8, 4) is 5.75 Å². The Morgan fingerprint density at radius 2 is 2.06 bits per heavy atom. The van der Waals surface area contributed by atoms with Crippen LogP contribution in [0, 0.1) is 0 Å². The molecule has 0 bridgehead atoms. The van der Waals surface area contributed by atoms with Crippen molar-refractivity contribution in [1.82, 2.24) is 29.5 Å². The zero-order valence-corrected chi connectivity index (χ0v) is 18.2. The molecule has 0 saturated carbocycles. The third-order valence-corrected chi connectivity index (χ3v) is 6.86. The number of benzene rings is 1. The van der Waals surface area contributed by atoms with Gasteiger partial charge in [0, 0.05) is 35.8 Å². The Hall–Kier alpha value is -2.99. The van der Waals surface area contributed by atoms with Crippen LogP contribution in [0.25, 0.3) is 16.6 Å². The first-order chi connectivity index (χ1) is 15.2. The van der Waals surface area contributed by atoms with E-state index in [0.29, 0.717) is 59.2 Å². The first-order valence-electron chi connectivity index (χ1n) is 10.0. The summed E-state index contributed by atoms with van der Waals surface area (Å²) in [6.45, 7) is 3.04. The van der Waals surface area contributed by atoms with Gasteiger partial charge in [0.05, 0.1) is 12.8 Å². The number of nitrogens with zero attached hydrogens (tertiary/aromatic N) is 6. The fourth-order valence-corrected chi connectivity index (χ4v) is 4.96. The molecular weight excluding hydrogens is 443 g/mol. The van der Waals surface area contributed by atoms with Gasteiger partial charge in [-0.05, 0) is 25.5 Å². The number of aromatic nitrogens is 5. The number of rotatable bonds is 4. The third-order valence-electron chi connectivity index (χ3n) is 5.66. The molecular formula is C20H20F3N7OS. The molecule has 5 rings (SSSR count). The minimum Gasteiger partial charge on any atom is -0.494 e. The number of hydrogen-bond acceptors (Lipinski definition) is 8. The highest BCUT2D eigenvalue weighted by Gasteiger charge is 2.37. The molecule has 0 saturated heterocycles. The largest absolute Gasteiger partial charge is 0.494 e. The summed E-state index contributed by atoms with van der Waals surface area (Å²) in [5.74, 6) is 1.38. The van der Waals surface area contributed by atoms with E-state index < -0.39 is 11.2 Å². The highest BCUT2D eigenvalue weighted by atomic mass is 32.1. The van der Waals surface area contributed by atoms with E-state index in [0.717, 1.165) is 16.7 Å². The predicted octanol–water partition coefficient (Wildman–Crippen LogP) is 3.33. The van der Waals surface area contributed by atoms with Gasteiger partial charge < -0.3 is 10.5 Å². The van der Waals surface area contributed by atoms with Gasteiger partial charge in [-0.2, -0.15) is 17.7 Å². The van der Waals surface area contributed by atoms with E-state index in [9.17, 15) is 13.2 Å². The number of alkyl halides is 3. The Morgan fingerprint density at radius 1 is 1.25 bits per heavy atom. The SMILES string of the molecule is COc1cccc2c1nc(N)n1nc(C[C@H](C)N3CCc4sc(C(F)(F)F)nc4C3)nc21. The maximum absolute atomic E-state index is 13.0. The molecule has 4 aromatic rings. The van der Waals surface area contributed by atoms with Crippen LogP contribution in [0.15, 0.2) is 18.2 Å². The molecule has 1 aliphatic heterocycles. The number of fused-ring (bicyclic) bond motifs is 4. The minimum absolute atomic E-state index is 0.00610. The van der Waals surface area contributed by atoms with Crippen molar-refractivity contribution in [2.75, 3.05) is 19.4 Å². The molecule has 1 atom stereocenters. The number of nitrogens with two attached hydrogens (primary N) is 1. The summed E-state index contributed by atoms with van der Waals surface area (Å²) in [5, 5.41) is 4.52. The number of thiazole rings is 1. The van der Waals surface area contributed by atoms with Crippen molar-refractivity contribution in [3.05, 3.63) is 39.6 Å². The molecule has 1 aromatic carbocycles. The van der Waals surface area contributed by atoms with Crippen LogP contribution in [0.5, 0.6) is 5.75 Å². The van der Waals surface area contributed by atoms with Crippen LogP contribution in [-0.4, -0.2) is 49.2 Å². The van der Waals surface area contributed by atoms with Gasteiger partial charge in [-0.25, -0.2) is 15.0 Å². The standard InChI is InChI=1S/C20H20F3N7OS/c1-10(29-7-6-14-12(9-29)25-18(32-14)20(21,22)23)8-15-26-17-11-4-3-5-13(31-2)16(11)27-19(24)30(17)28-15/h3-5,10H,6-9H2,1-2H3,(H2,24,27)/t10-/m0/s1. The molecule has 2 N–H and O–H groups in total. The van der Waals surface area contributed by atoms with Crippen LogP contribution in [-0.2, 0) is 25.6 Å². The normalized spacial score (nSPS) is 15.9. The summed E-state index contributed by atoms with van der Waals surface area (Å²) in [6, 6.07) is 5.54. The predicted molar refractivity (Wildman–Crippen MR) is 114 cm³/mol. The quantitative estimate of drug-likeness (QED) is 0.496. The third kappa shape index (κ3) is 3.52. The molecule has 0 unspecified atom stereocenters. The van der Waals surface area contributed by atoms with Crippen molar-refractivity contribution in [2.45, 2.75) is 38.5 Å². The fraction of sp³-hybridized carbons (Fsp3) is 0.400. The van der Waals surface area contributed by atoms with Gasteiger partial charge in [-0.3, -0.25) is 4.90 Å². The zero-order chi connectivity index (χ0) is 22.6. The van der Waals surface area contributed by atoms with E-state index in [1.807, 2.05) is 19.1 Å². The van der Waals surface area contributed by atoms with E-state index in [4.69, 9.17) is 10.5 Å². The zero-order valence-electron chi connectivity index (χ0n) is 17.3. The molecule has 0 fully saturated rings.